The second-order valence-corrected chi connectivity index (χ2v) is 10.4. The van der Waals surface area contributed by atoms with Gasteiger partial charge in [0.2, 0.25) is 0 Å². The van der Waals surface area contributed by atoms with Gasteiger partial charge in [-0.05, 0) is 55.5 Å². The predicted molar refractivity (Wildman–Crippen MR) is 102 cm³/mol. The first-order chi connectivity index (χ1) is 9.45. The Morgan fingerprint density at radius 1 is 0.409 bits per heavy atom. The quantitative estimate of drug-likeness (QED) is 0.310. The average molecular weight is 454 g/mol. The van der Waals surface area contributed by atoms with Gasteiger partial charge in [-0.2, -0.15) is 0 Å². The Kier molecular flexibility index (Phi) is 13.9. The van der Waals surface area contributed by atoms with Crippen molar-refractivity contribution in [1.82, 2.24) is 0 Å². The zero-order valence-electron chi connectivity index (χ0n) is 14.0. The third kappa shape index (κ3) is 6.50. The standard InChI is InChI=1S/C18H33P.2ClH.Ru/c1-4-10-16(11-5-1)19(17-12-6-2-7-13-17)18-14-8-3-9-15-18;;;/h16-18H,1-15H2;2*1H;. The molecular formula is C18H35Cl2PRu. The van der Waals surface area contributed by atoms with Crippen LogP contribution in [-0.4, -0.2) is 17.0 Å². The number of hydrogen-bond donors (Lipinski definition) is 0. The Balaban J connectivity index is 0.00000147. The molecule has 0 amide bonds. The summed E-state index contributed by atoms with van der Waals surface area (Å²) < 4.78 is 0. The minimum atomic E-state index is 0. The molecule has 0 aromatic rings. The zero-order valence-corrected chi connectivity index (χ0v) is 18.2. The van der Waals surface area contributed by atoms with E-state index < -0.39 is 0 Å². The van der Waals surface area contributed by atoms with Gasteiger partial charge in [0.15, 0.2) is 0 Å². The van der Waals surface area contributed by atoms with Crippen molar-refractivity contribution < 1.29 is 19.5 Å². The van der Waals surface area contributed by atoms with Crippen molar-refractivity contribution in [1.29, 1.82) is 0 Å². The van der Waals surface area contributed by atoms with Crippen LogP contribution in [0.4, 0.5) is 0 Å². The molecule has 0 radical (unpaired) electrons. The van der Waals surface area contributed by atoms with Crippen LogP contribution in [0.1, 0.15) is 96.3 Å². The summed E-state index contributed by atoms with van der Waals surface area (Å²) in [7, 11) is 0.385. The fourth-order valence-corrected chi connectivity index (χ4v) is 9.71. The largest absolute Gasteiger partial charge is 0.147 e. The van der Waals surface area contributed by atoms with Crippen molar-refractivity contribution in [2.45, 2.75) is 113 Å². The van der Waals surface area contributed by atoms with Gasteiger partial charge in [-0.3, -0.25) is 0 Å². The minimum Gasteiger partial charge on any atom is -0.147 e. The van der Waals surface area contributed by atoms with Crippen molar-refractivity contribution in [2.75, 3.05) is 0 Å². The predicted octanol–water partition coefficient (Wildman–Crippen LogP) is 7.31. The van der Waals surface area contributed by atoms with E-state index in [0.29, 0.717) is 7.92 Å². The summed E-state index contributed by atoms with van der Waals surface area (Å²) in [5.74, 6) is 0. The normalized spacial score (nSPS) is 25.0. The van der Waals surface area contributed by atoms with E-state index in [4.69, 9.17) is 0 Å². The molecule has 4 heteroatoms. The molecule has 3 rings (SSSR count). The van der Waals surface area contributed by atoms with E-state index in [1.54, 1.807) is 77.0 Å². The van der Waals surface area contributed by atoms with Crippen molar-refractivity contribution in [3.63, 3.8) is 0 Å². The van der Waals surface area contributed by atoms with Crippen molar-refractivity contribution in [2.24, 2.45) is 0 Å². The van der Waals surface area contributed by atoms with Gasteiger partial charge in [0.1, 0.15) is 0 Å². The Labute approximate surface area is 165 Å². The van der Waals surface area contributed by atoms with Gasteiger partial charge in [0, 0.05) is 19.5 Å². The first-order valence-corrected chi connectivity index (χ1v) is 10.8. The van der Waals surface area contributed by atoms with E-state index in [2.05, 4.69) is 0 Å². The molecule has 0 heterocycles. The van der Waals surface area contributed by atoms with Crippen molar-refractivity contribution in [3.05, 3.63) is 0 Å². The smallest absolute Gasteiger partial charge is 0 e. The molecule has 3 aliphatic rings. The molecule has 0 aromatic heterocycles. The maximum absolute atomic E-state index is 1.61. The van der Waals surface area contributed by atoms with Gasteiger partial charge in [-0.1, -0.05) is 65.7 Å². The number of hydrogen-bond acceptors (Lipinski definition) is 0. The summed E-state index contributed by atoms with van der Waals surface area (Å²) in [5, 5.41) is 0. The van der Waals surface area contributed by atoms with E-state index in [1.165, 1.54) is 36.2 Å². The molecule has 3 aliphatic carbocycles. The SMILES string of the molecule is C1CCC(P(C2CCCCC2)C2CCCCC2)CC1.Cl.Cl.[Ru]. The van der Waals surface area contributed by atoms with Crippen molar-refractivity contribution >= 4 is 32.7 Å². The summed E-state index contributed by atoms with van der Waals surface area (Å²) >= 11 is 0. The molecule has 134 valence electrons. The molecule has 0 spiro atoms. The molecule has 0 aromatic carbocycles. The molecular weight excluding hydrogens is 419 g/mol. The monoisotopic (exact) mass is 454 g/mol. The summed E-state index contributed by atoms with van der Waals surface area (Å²) in [5.41, 5.74) is 3.57. The Morgan fingerprint density at radius 3 is 0.864 bits per heavy atom. The molecule has 0 N–H and O–H groups in total. The van der Waals surface area contributed by atoms with Crippen LogP contribution in [0.25, 0.3) is 0 Å². The van der Waals surface area contributed by atoms with Crippen LogP contribution in [0, 0.1) is 0 Å². The van der Waals surface area contributed by atoms with Crippen LogP contribution >= 0.6 is 32.7 Å². The van der Waals surface area contributed by atoms with Crippen LogP contribution in [0.3, 0.4) is 0 Å². The average Bonchev–Trinajstić information content (AvgIpc) is 2.51. The first-order valence-electron chi connectivity index (χ1n) is 9.22. The zero-order chi connectivity index (χ0) is 12.9. The van der Waals surface area contributed by atoms with Crippen LogP contribution in [-0.2, 0) is 19.5 Å². The molecule has 0 unspecified atom stereocenters. The molecule has 3 saturated carbocycles. The third-order valence-electron chi connectivity index (χ3n) is 5.99. The van der Waals surface area contributed by atoms with Gasteiger partial charge in [0.25, 0.3) is 0 Å². The Hall–Kier alpha value is 1.63. The second kappa shape index (κ2) is 12.9. The van der Waals surface area contributed by atoms with Crippen LogP contribution in [0.15, 0.2) is 0 Å². The first kappa shape index (κ1) is 23.6. The summed E-state index contributed by atoms with van der Waals surface area (Å²) in [6.45, 7) is 0. The van der Waals surface area contributed by atoms with E-state index >= 15 is 0 Å². The van der Waals surface area contributed by atoms with E-state index in [9.17, 15) is 0 Å². The number of rotatable bonds is 3. The van der Waals surface area contributed by atoms with E-state index in [1.807, 2.05) is 0 Å². The minimum absolute atomic E-state index is 0. The maximum Gasteiger partial charge on any atom is 0 e. The third-order valence-corrected chi connectivity index (χ3v) is 10.1. The molecule has 0 nitrogen and oxygen atoms in total. The Bertz CT molecular complexity index is 217. The molecule has 0 bridgehead atoms. The summed E-state index contributed by atoms with van der Waals surface area (Å²) in [6, 6.07) is 0. The fourth-order valence-electron chi connectivity index (χ4n) is 5.03. The molecule has 22 heavy (non-hydrogen) atoms. The van der Waals surface area contributed by atoms with Gasteiger partial charge in [-0.15, -0.1) is 24.8 Å². The topological polar surface area (TPSA) is 0 Å². The van der Waals surface area contributed by atoms with Crippen LogP contribution < -0.4 is 0 Å². The molecule has 0 atom stereocenters. The molecule has 0 aliphatic heterocycles. The van der Waals surface area contributed by atoms with Crippen LogP contribution in [0.2, 0.25) is 0 Å². The van der Waals surface area contributed by atoms with Crippen LogP contribution in [0.5, 0.6) is 0 Å². The maximum atomic E-state index is 1.61. The van der Waals surface area contributed by atoms with E-state index in [0.717, 1.165) is 0 Å². The van der Waals surface area contributed by atoms with E-state index in [-0.39, 0.29) is 44.3 Å². The Morgan fingerprint density at radius 2 is 0.636 bits per heavy atom. The van der Waals surface area contributed by atoms with Gasteiger partial charge < -0.3 is 0 Å². The fraction of sp³-hybridized carbons (Fsp3) is 1.00. The summed E-state index contributed by atoms with van der Waals surface area (Å²) in [6.07, 6.45) is 23.6. The number of halogens is 2. The van der Waals surface area contributed by atoms with Crippen molar-refractivity contribution in [3.8, 4) is 0 Å². The molecule has 3 fully saturated rings. The van der Waals surface area contributed by atoms with Gasteiger partial charge >= 0.3 is 0 Å². The molecule has 0 saturated heterocycles. The second-order valence-electron chi connectivity index (χ2n) is 7.32. The van der Waals surface area contributed by atoms with Gasteiger partial charge in [0.05, 0.1) is 0 Å². The van der Waals surface area contributed by atoms with Gasteiger partial charge in [-0.25, -0.2) is 0 Å². The summed E-state index contributed by atoms with van der Waals surface area (Å²) in [4.78, 5) is 0.